The van der Waals surface area contributed by atoms with Crippen LogP contribution in [0.2, 0.25) is 0 Å². The molecule has 1 amide bonds. The standard InChI is InChI=1S/C16H16N2O3/c19-11-6-7-14(20)12(9-11)16(21)18-13-5-1-3-10-4-2-8-17-15(10)13/h1,3,5-7,9,17,19-20H,2,4,8H2,(H,18,21). The molecule has 4 N–H and O–H groups in total. The number of carbonyl (C=O) groups is 1. The van der Waals surface area contributed by atoms with Crippen LogP contribution in [0.25, 0.3) is 0 Å². The van der Waals surface area contributed by atoms with E-state index in [4.69, 9.17) is 0 Å². The van der Waals surface area contributed by atoms with Crippen molar-refractivity contribution in [1.29, 1.82) is 0 Å². The van der Waals surface area contributed by atoms with Crippen LogP contribution in [0.5, 0.6) is 11.5 Å². The van der Waals surface area contributed by atoms with Crippen LogP contribution in [-0.4, -0.2) is 22.7 Å². The van der Waals surface area contributed by atoms with Gasteiger partial charge in [0, 0.05) is 6.54 Å². The Kier molecular flexibility index (Phi) is 3.39. The predicted octanol–water partition coefficient (Wildman–Crippen LogP) is 2.71. The number of hydrogen-bond acceptors (Lipinski definition) is 4. The van der Waals surface area contributed by atoms with Gasteiger partial charge in [0.1, 0.15) is 11.5 Å². The molecule has 0 fully saturated rings. The van der Waals surface area contributed by atoms with Gasteiger partial charge in [-0.15, -0.1) is 0 Å². The number of amides is 1. The summed E-state index contributed by atoms with van der Waals surface area (Å²) in [6.45, 7) is 0.872. The quantitative estimate of drug-likeness (QED) is 0.639. The first-order valence-corrected chi connectivity index (χ1v) is 6.84. The van der Waals surface area contributed by atoms with E-state index in [2.05, 4.69) is 10.6 Å². The van der Waals surface area contributed by atoms with Gasteiger partial charge in [0.2, 0.25) is 0 Å². The van der Waals surface area contributed by atoms with Crippen molar-refractivity contribution in [3.8, 4) is 11.5 Å². The van der Waals surface area contributed by atoms with E-state index >= 15 is 0 Å². The first-order chi connectivity index (χ1) is 10.1. The van der Waals surface area contributed by atoms with E-state index in [1.807, 2.05) is 18.2 Å². The smallest absolute Gasteiger partial charge is 0.259 e. The number of phenolic OH excluding ortho intramolecular Hbond substituents is 2. The molecule has 0 aromatic heterocycles. The SMILES string of the molecule is O=C(Nc1cccc2c1NCCC2)c1cc(O)ccc1O. The summed E-state index contributed by atoms with van der Waals surface area (Å²) in [4.78, 5) is 12.3. The van der Waals surface area contributed by atoms with Crippen molar-refractivity contribution in [2.24, 2.45) is 0 Å². The van der Waals surface area contributed by atoms with Crippen molar-refractivity contribution in [2.75, 3.05) is 17.2 Å². The Balaban J connectivity index is 1.90. The normalized spacial score (nSPS) is 13.1. The lowest BCUT2D eigenvalue weighted by molar-refractivity contribution is 0.102. The Hall–Kier alpha value is -2.69. The number of aromatic hydroxyl groups is 2. The van der Waals surface area contributed by atoms with E-state index < -0.39 is 5.91 Å². The second-order valence-corrected chi connectivity index (χ2v) is 5.03. The lowest BCUT2D eigenvalue weighted by Gasteiger charge is -2.21. The van der Waals surface area contributed by atoms with Crippen molar-refractivity contribution < 1.29 is 15.0 Å². The average molecular weight is 284 g/mol. The first-order valence-electron chi connectivity index (χ1n) is 6.84. The van der Waals surface area contributed by atoms with Crippen LogP contribution in [0, 0.1) is 0 Å². The van der Waals surface area contributed by atoms with E-state index in [-0.39, 0.29) is 17.1 Å². The Bertz CT molecular complexity index is 698. The molecule has 2 aromatic carbocycles. The molecule has 2 aromatic rings. The number of aryl methyl sites for hydroxylation is 1. The molecule has 0 radical (unpaired) electrons. The summed E-state index contributed by atoms with van der Waals surface area (Å²) in [5.74, 6) is -0.682. The minimum Gasteiger partial charge on any atom is -0.508 e. The molecule has 1 aliphatic heterocycles. The monoisotopic (exact) mass is 284 g/mol. The molecular formula is C16H16N2O3. The third kappa shape index (κ3) is 2.63. The first kappa shape index (κ1) is 13.3. The van der Waals surface area contributed by atoms with Crippen molar-refractivity contribution >= 4 is 17.3 Å². The highest BCUT2D eigenvalue weighted by molar-refractivity contribution is 6.08. The maximum Gasteiger partial charge on any atom is 0.259 e. The Morgan fingerprint density at radius 2 is 2.05 bits per heavy atom. The van der Waals surface area contributed by atoms with Crippen molar-refractivity contribution in [3.05, 3.63) is 47.5 Å². The number of hydrogen-bond donors (Lipinski definition) is 4. The molecule has 108 valence electrons. The maximum absolute atomic E-state index is 12.3. The van der Waals surface area contributed by atoms with Gasteiger partial charge in [-0.05, 0) is 42.7 Å². The van der Waals surface area contributed by atoms with Crippen LogP contribution < -0.4 is 10.6 Å². The van der Waals surface area contributed by atoms with E-state index in [1.165, 1.54) is 23.8 Å². The van der Waals surface area contributed by atoms with Crippen molar-refractivity contribution in [2.45, 2.75) is 12.8 Å². The molecule has 0 atom stereocenters. The van der Waals surface area contributed by atoms with Gasteiger partial charge < -0.3 is 20.8 Å². The summed E-state index contributed by atoms with van der Waals surface area (Å²) in [6.07, 6.45) is 2.04. The zero-order chi connectivity index (χ0) is 14.8. The van der Waals surface area contributed by atoms with Crippen LogP contribution in [0.15, 0.2) is 36.4 Å². The summed E-state index contributed by atoms with van der Waals surface area (Å²) in [5.41, 5.74) is 2.82. The zero-order valence-electron chi connectivity index (χ0n) is 11.4. The molecular weight excluding hydrogens is 268 g/mol. The molecule has 0 saturated carbocycles. The van der Waals surface area contributed by atoms with E-state index in [1.54, 1.807) is 0 Å². The van der Waals surface area contributed by atoms with E-state index in [0.717, 1.165) is 25.1 Å². The Morgan fingerprint density at radius 1 is 1.19 bits per heavy atom. The number of benzene rings is 2. The second-order valence-electron chi connectivity index (χ2n) is 5.03. The molecule has 5 heteroatoms. The van der Waals surface area contributed by atoms with Crippen LogP contribution in [0.1, 0.15) is 22.3 Å². The van der Waals surface area contributed by atoms with Gasteiger partial charge in [-0.1, -0.05) is 12.1 Å². The lowest BCUT2D eigenvalue weighted by Crippen LogP contribution is -2.17. The van der Waals surface area contributed by atoms with Crippen molar-refractivity contribution in [1.82, 2.24) is 0 Å². The molecule has 0 bridgehead atoms. The molecule has 21 heavy (non-hydrogen) atoms. The number of carbonyl (C=O) groups excluding carboxylic acids is 1. The highest BCUT2D eigenvalue weighted by Crippen LogP contribution is 2.31. The Labute approximate surface area is 122 Å². The summed E-state index contributed by atoms with van der Waals surface area (Å²) < 4.78 is 0. The number of phenols is 2. The lowest BCUT2D eigenvalue weighted by atomic mass is 10.0. The second kappa shape index (κ2) is 5.36. The van der Waals surface area contributed by atoms with Gasteiger partial charge in [-0.3, -0.25) is 4.79 Å². The van der Waals surface area contributed by atoms with Gasteiger partial charge in [-0.25, -0.2) is 0 Å². The topological polar surface area (TPSA) is 81.6 Å². The van der Waals surface area contributed by atoms with Crippen molar-refractivity contribution in [3.63, 3.8) is 0 Å². The summed E-state index contributed by atoms with van der Waals surface area (Å²) in [7, 11) is 0. The van der Waals surface area contributed by atoms with Crippen LogP contribution in [0.3, 0.4) is 0 Å². The molecule has 1 heterocycles. The fourth-order valence-corrected chi connectivity index (χ4v) is 2.51. The van der Waals surface area contributed by atoms with E-state index in [0.29, 0.717) is 5.69 Å². The molecule has 0 unspecified atom stereocenters. The third-order valence-electron chi connectivity index (χ3n) is 3.55. The fraction of sp³-hybridized carbons (Fsp3) is 0.188. The number of nitrogens with one attached hydrogen (secondary N) is 2. The fourth-order valence-electron chi connectivity index (χ4n) is 2.51. The van der Waals surface area contributed by atoms with Gasteiger partial charge >= 0.3 is 0 Å². The van der Waals surface area contributed by atoms with E-state index in [9.17, 15) is 15.0 Å². The summed E-state index contributed by atoms with van der Waals surface area (Å²) in [6, 6.07) is 9.61. The molecule has 1 aliphatic rings. The molecule has 3 rings (SSSR count). The van der Waals surface area contributed by atoms with Crippen LogP contribution >= 0.6 is 0 Å². The zero-order valence-corrected chi connectivity index (χ0v) is 11.4. The Morgan fingerprint density at radius 3 is 2.90 bits per heavy atom. The van der Waals surface area contributed by atoms with Gasteiger partial charge in [0.05, 0.1) is 16.9 Å². The van der Waals surface area contributed by atoms with Crippen LogP contribution in [0.4, 0.5) is 11.4 Å². The largest absolute Gasteiger partial charge is 0.508 e. The number of rotatable bonds is 2. The molecule has 0 saturated heterocycles. The van der Waals surface area contributed by atoms with Gasteiger partial charge in [0.25, 0.3) is 5.91 Å². The molecule has 5 nitrogen and oxygen atoms in total. The van der Waals surface area contributed by atoms with Gasteiger partial charge in [0.15, 0.2) is 0 Å². The molecule has 0 aliphatic carbocycles. The predicted molar refractivity (Wildman–Crippen MR) is 81.0 cm³/mol. The third-order valence-corrected chi connectivity index (χ3v) is 3.55. The summed E-state index contributed by atoms with van der Waals surface area (Å²) in [5, 5.41) is 25.2. The molecule has 0 spiro atoms. The highest BCUT2D eigenvalue weighted by atomic mass is 16.3. The number of anilines is 2. The minimum absolute atomic E-state index is 0.0448. The number of fused-ring (bicyclic) bond motifs is 1. The maximum atomic E-state index is 12.3. The van der Waals surface area contributed by atoms with Gasteiger partial charge in [-0.2, -0.15) is 0 Å². The minimum atomic E-state index is -0.454. The summed E-state index contributed by atoms with van der Waals surface area (Å²) >= 11 is 0. The van der Waals surface area contributed by atoms with Crippen LogP contribution in [-0.2, 0) is 6.42 Å². The number of para-hydroxylation sites is 1. The highest BCUT2D eigenvalue weighted by Gasteiger charge is 2.17. The average Bonchev–Trinajstić information content (AvgIpc) is 2.50.